The van der Waals surface area contributed by atoms with Gasteiger partial charge in [-0.15, -0.1) is 0 Å². The van der Waals surface area contributed by atoms with Crippen LogP contribution in [0.3, 0.4) is 0 Å². The first kappa shape index (κ1) is 31.1. The smallest absolute Gasteiger partial charge is 0.338 e. The average molecular weight is 685 g/mol. The number of hydrogen-bond acceptors (Lipinski definition) is 5. The quantitative estimate of drug-likeness (QED) is 0.0878. The number of halogens is 6. The number of nitrogens with zero attached hydrogens (tertiary/aromatic N) is 4. The van der Waals surface area contributed by atoms with Crippen molar-refractivity contribution in [3.05, 3.63) is 90.0 Å². The van der Waals surface area contributed by atoms with Crippen molar-refractivity contribution >= 4 is 97.4 Å². The minimum atomic E-state index is -1.96. The van der Waals surface area contributed by atoms with Crippen LogP contribution in [0.2, 0.25) is 0 Å². The van der Waals surface area contributed by atoms with E-state index in [0.717, 1.165) is 32.2 Å². The van der Waals surface area contributed by atoms with E-state index in [1.807, 2.05) is 0 Å². The summed E-state index contributed by atoms with van der Waals surface area (Å²) in [6, 6.07) is 23.5. The van der Waals surface area contributed by atoms with E-state index < -0.39 is 13.6 Å². The third-order valence-corrected chi connectivity index (χ3v) is 7.72. The van der Waals surface area contributed by atoms with Crippen LogP contribution in [0.25, 0.3) is 33.2 Å². The van der Waals surface area contributed by atoms with E-state index in [9.17, 15) is 4.79 Å². The zero-order chi connectivity index (χ0) is 29.9. The molecule has 6 nitrogen and oxygen atoms in total. The van der Waals surface area contributed by atoms with Crippen LogP contribution >= 0.6 is 69.6 Å². The number of aryl methyl sites for hydroxylation is 1. The van der Waals surface area contributed by atoms with E-state index in [4.69, 9.17) is 74.3 Å². The third kappa shape index (κ3) is 7.24. The Morgan fingerprint density at radius 2 is 1.19 bits per heavy atom. The maximum Gasteiger partial charge on any atom is 0.338 e. The van der Waals surface area contributed by atoms with Gasteiger partial charge in [-0.05, 0) is 43.5 Å². The van der Waals surface area contributed by atoms with Crippen LogP contribution in [-0.4, -0.2) is 32.1 Å². The number of para-hydroxylation sites is 2. The Balaban J connectivity index is 1.12. The van der Waals surface area contributed by atoms with E-state index >= 15 is 0 Å². The Hall–Kier alpha value is -2.32. The Labute approximate surface area is 272 Å². The molecule has 0 amide bonds. The van der Waals surface area contributed by atoms with Gasteiger partial charge in [0.2, 0.25) is 7.59 Å². The van der Waals surface area contributed by atoms with E-state index in [-0.39, 0.29) is 17.5 Å². The molecule has 218 valence electrons. The van der Waals surface area contributed by atoms with Crippen LogP contribution in [0.15, 0.2) is 72.8 Å². The number of unbranched alkanes of at least 4 members (excludes halogenated alkanes) is 3. The molecule has 0 bridgehead atoms. The maximum absolute atomic E-state index is 12.6. The number of esters is 1. The van der Waals surface area contributed by atoms with Gasteiger partial charge in [-0.2, -0.15) is 0 Å². The van der Waals surface area contributed by atoms with Crippen molar-refractivity contribution in [1.82, 2.24) is 19.5 Å². The second kappa shape index (κ2) is 13.1. The predicted octanol–water partition coefficient (Wildman–Crippen LogP) is 9.72. The van der Waals surface area contributed by atoms with Gasteiger partial charge in [0, 0.05) is 33.9 Å². The summed E-state index contributed by atoms with van der Waals surface area (Å²) in [7, 11) is 0. The summed E-state index contributed by atoms with van der Waals surface area (Å²) >= 11 is 35.7. The lowest BCUT2D eigenvalue weighted by Crippen LogP contribution is -2.16. The van der Waals surface area contributed by atoms with Crippen LogP contribution in [0, 0.1) is 0 Å². The fourth-order valence-corrected chi connectivity index (χ4v) is 5.24. The summed E-state index contributed by atoms with van der Waals surface area (Å²) in [5, 5.41) is 2.56. The monoisotopic (exact) mass is 682 g/mol. The number of carbonyl (C=O) groups excluding carboxylic acids is 1. The maximum atomic E-state index is 12.6. The number of fused-ring (bicyclic) bond motifs is 3. The van der Waals surface area contributed by atoms with Gasteiger partial charge in [0.15, 0.2) is 17.5 Å². The molecule has 0 aliphatic rings. The molecular weight excluding hydrogens is 661 g/mol. The SMILES string of the molecule is O=C(OCCCCCCn1c2ccccc2c2ccccc21)c1ccc(-c2nc(C(Cl)(Cl)Cl)nc(C(Cl)(Cl)Cl)n2)cc1. The van der Waals surface area contributed by atoms with Crippen LogP contribution in [0.1, 0.15) is 47.7 Å². The fraction of sp³-hybridized carbons (Fsp3) is 0.267. The highest BCUT2D eigenvalue weighted by Gasteiger charge is 2.34. The fourth-order valence-electron chi connectivity index (χ4n) is 4.73. The summed E-state index contributed by atoms with van der Waals surface area (Å²) in [6.07, 6.45) is 3.81. The lowest BCUT2D eigenvalue weighted by Gasteiger charge is -2.15. The highest BCUT2D eigenvalue weighted by molar-refractivity contribution is 6.67. The lowest BCUT2D eigenvalue weighted by atomic mass is 10.1. The van der Waals surface area contributed by atoms with Crippen molar-refractivity contribution < 1.29 is 9.53 Å². The first-order valence-electron chi connectivity index (χ1n) is 13.2. The largest absolute Gasteiger partial charge is 0.462 e. The van der Waals surface area contributed by atoms with Gasteiger partial charge in [0.05, 0.1) is 12.2 Å². The van der Waals surface area contributed by atoms with Gasteiger partial charge < -0.3 is 9.30 Å². The molecule has 42 heavy (non-hydrogen) atoms. The highest BCUT2D eigenvalue weighted by Crippen LogP contribution is 2.40. The minimum absolute atomic E-state index is 0.119. The Morgan fingerprint density at radius 3 is 1.74 bits per heavy atom. The molecule has 5 aromatic rings. The zero-order valence-electron chi connectivity index (χ0n) is 22.0. The molecule has 0 unspecified atom stereocenters. The third-order valence-electron chi connectivity index (χ3n) is 6.71. The molecule has 0 saturated carbocycles. The van der Waals surface area contributed by atoms with Crippen LogP contribution in [-0.2, 0) is 18.9 Å². The molecule has 0 spiro atoms. The number of ether oxygens (including phenoxy) is 1. The molecule has 2 heterocycles. The van der Waals surface area contributed by atoms with Crippen molar-refractivity contribution in [2.75, 3.05) is 6.61 Å². The average Bonchev–Trinajstić information content (AvgIpc) is 3.29. The molecule has 0 aliphatic carbocycles. The minimum Gasteiger partial charge on any atom is -0.462 e. The molecule has 12 heteroatoms. The standard InChI is InChI=1S/C30H24Cl6N4O2/c31-29(32,33)27-37-25(38-28(39-27)30(34,35)36)19-13-15-20(16-14-19)26(41)42-18-8-2-1-7-17-40-23-11-5-3-9-21(23)22-10-4-6-12-24(22)40/h3-6,9-16H,1-2,7-8,17-18H2. The van der Waals surface area contributed by atoms with E-state index in [1.165, 1.54) is 21.8 Å². The molecule has 2 aromatic heterocycles. The van der Waals surface area contributed by atoms with Gasteiger partial charge in [0.25, 0.3) is 0 Å². The van der Waals surface area contributed by atoms with E-state index in [1.54, 1.807) is 24.3 Å². The van der Waals surface area contributed by atoms with Crippen LogP contribution < -0.4 is 0 Å². The second-order valence-electron chi connectivity index (χ2n) is 9.62. The molecule has 5 rings (SSSR count). The normalized spacial score (nSPS) is 12.2. The topological polar surface area (TPSA) is 69.9 Å². The summed E-state index contributed by atoms with van der Waals surface area (Å²) in [5.74, 6) is -0.699. The van der Waals surface area contributed by atoms with E-state index in [0.29, 0.717) is 17.7 Å². The molecule has 0 fully saturated rings. The van der Waals surface area contributed by atoms with Crippen molar-refractivity contribution in [2.24, 2.45) is 0 Å². The van der Waals surface area contributed by atoms with Gasteiger partial charge >= 0.3 is 5.97 Å². The first-order valence-corrected chi connectivity index (χ1v) is 15.4. The molecular formula is C30H24Cl6N4O2. The van der Waals surface area contributed by atoms with Crippen molar-refractivity contribution in [2.45, 2.75) is 39.8 Å². The van der Waals surface area contributed by atoms with Gasteiger partial charge in [0.1, 0.15) is 0 Å². The lowest BCUT2D eigenvalue weighted by molar-refractivity contribution is 0.0497. The summed E-state index contributed by atoms with van der Waals surface area (Å²) in [6.45, 7) is 1.27. The molecule has 0 radical (unpaired) electrons. The summed E-state index contributed by atoms with van der Waals surface area (Å²) < 4.78 is 3.95. The zero-order valence-corrected chi connectivity index (χ0v) is 26.6. The van der Waals surface area contributed by atoms with Crippen LogP contribution in [0.4, 0.5) is 0 Å². The first-order chi connectivity index (χ1) is 20.0. The number of hydrogen-bond donors (Lipinski definition) is 0. The van der Waals surface area contributed by atoms with E-state index in [2.05, 4.69) is 68.0 Å². The van der Waals surface area contributed by atoms with Gasteiger partial charge in [-0.25, -0.2) is 19.7 Å². The second-order valence-corrected chi connectivity index (χ2v) is 14.2. The Kier molecular flexibility index (Phi) is 9.73. The Bertz CT molecular complexity index is 1630. The molecule has 0 N–H and O–H groups in total. The Morgan fingerprint density at radius 1 is 0.667 bits per heavy atom. The van der Waals surface area contributed by atoms with Crippen molar-refractivity contribution in [1.29, 1.82) is 0 Å². The molecule has 3 aromatic carbocycles. The van der Waals surface area contributed by atoms with Gasteiger partial charge in [-0.3, -0.25) is 0 Å². The number of benzene rings is 3. The van der Waals surface area contributed by atoms with Crippen LogP contribution in [0.5, 0.6) is 0 Å². The number of aromatic nitrogens is 4. The van der Waals surface area contributed by atoms with Crippen molar-refractivity contribution in [3.63, 3.8) is 0 Å². The number of rotatable bonds is 9. The summed E-state index contributed by atoms with van der Waals surface area (Å²) in [5.41, 5.74) is 3.39. The number of alkyl halides is 6. The van der Waals surface area contributed by atoms with Crippen molar-refractivity contribution in [3.8, 4) is 11.4 Å². The number of carbonyl (C=O) groups is 1. The van der Waals surface area contributed by atoms with Gasteiger partial charge in [-0.1, -0.05) is 125 Å². The highest BCUT2D eigenvalue weighted by atomic mass is 35.6. The predicted molar refractivity (Wildman–Crippen MR) is 172 cm³/mol. The molecule has 0 aliphatic heterocycles. The molecule has 0 atom stereocenters. The summed E-state index contributed by atoms with van der Waals surface area (Å²) in [4.78, 5) is 24.9. The molecule has 0 saturated heterocycles.